The van der Waals surface area contributed by atoms with Gasteiger partial charge in [-0.2, -0.15) is 0 Å². The van der Waals surface area contributed by atoms with Crippen molar-refractivity contribution in [2.45, 2.75) is 80.6 Å². The molecule has 2 heteroatoms. The molecule has 0 amide bonds. The number of benzene rings is 7. The van der Waals surface area contributed by atoms with Gasteiger partial charge in [0, 0.05) is 33.5 Å². The van der Waals surface area contributed by atoms with Gasteiger partial charge >= 0.3 is 0 Å². The molecule has 1 atom stereocenters. The maximum atomic E-state index is 2.59. The highest BCUT2D eigenvalue weighted by atomic mass is 15.2. The summed E-state index contributed by atoms with van der Waals surface area (Å²) < 4.78 is 0. The largest absolute Gasteiger partial charge is 0.313 e. The van der Waals surface area contributed by atoms with Gasteiger partial charge in [-0.3, -0.25) is 0 Å². The Kier molecular flexibility index (Phi) is 8.89. The molecule has 266 valence electrons. The third-order valence-electron chi connectivity index (χ3n) is 11.4. The lowest BCUT2D eigenvalue weighted by molar-refractivity contribution is 0.696. The molecule has 0 saturated carbocycles. The molecule has 0 spiro atoms. The number of hydrogen-bond donors (Lipinski definition) is 0. The van der Waals surface area contributed by atoms with Crippen LogP contribution in [-0.2, 0) is 0 Å². The van der Waals surface area contributed by atoms with Gasteiger partial charge in [-0.05, 0) is 149 Å². The van der Waals surface area contributed by atoms with Crippen molar-refractivity contribution in [2.24, 2.45) is 5.92 Å². The normalized spacial score (nSPS) is 14.6. The van der Waals surface area contributed by atoms with Crippen LogP contribution in [0.3, 0.4) is 0 Å². The van der Waals surface area contributed by atoms with E-state index < -0.39 is 0 Å². The summed E-state index contributed by atoms with van der Waals surface area (Å²) in [7, 11) is 0. The molecule has 53 heavy (non-hydrogen) atoms. The fourth-order valence-electron chi connectivity index (χ4n) is 8.67. The summed E-state index contributed by atoms with van der Waals surface area (Å²) in [4.78, 5) is 5.10. The van der Waals surface area contributed by atoms with Crippen molar-refractivity contribution in [3.8, 4) is 0 Å². The van der Waals surface area contributed by atoms with Crippen LogP contribution in [0.4, 0.5) is 28.4 Å². The quantitative estimate of drug-likeness (QED) is 0.146. The molecule has 0 bridgehead atoms. The molecule has 1 unspecified atom stereocenters. The summed E-state index contributed by atoms with van der Waals surface area (Å²) in [6.07, 6.45) is 7.92. The van der Waals surface area contributed by atoms with E-state index in [0.717, 1.165) is 6.42 Å². The molecular formula is C51H52N2. The van der Waals surface area contributed by atoms with E-state index >= 15 is 0 Å². The highest BCUT2D eigenvalue weighted by Gasteiger charge is 2.28. The van der Waals surface area contributed by atoms with Gasteiger partial charge in [0.15, 0.2) is 0 Å². The van der Waals surface area contributed by atoms with Gasteiger partial charge in [0.05, 0.1) is 11.4 Å². The molecule has 0 heterocycles. The molecule has 0 aromatic heterocycles. The van der Waals surface area contributed by atoms with Gasteiger partial charge in [0.1, 0.15) is 0 Å². The molecular weight excluding hydrogens is 641 g/mol. The molecule has 0 radical (unpaired) electrons. The first kappa shape index (κ1) is 34.7. The second-order valence-corrected chi connectivity index (χ2v) is 16.2. The number of allylic oxidation sites excluding steroid dienone is 4. The van der Waals surface area contributed by atoms with Crippen LogP contribution < -0.4 is 9.80 Å². The summed E-state index contributed by atoms with van der Waals surface area (Å²) in [5, 5.41) is 8.03. The first-order valence-electron chi connectivity index (χ1n) is 19.5. The van der Waals surface area contributed by atoms with Crippen LogP contribution in [0, 0.1) is 33.6 Å². The van der Waals surface area contributed by atoms with E-state index in [1.165, 1.54) is 99.8 Å². The van der Waals surface area contributed by atoms with Gasteiger partial charge in [0.2, 0.25) is 0 Å². The number of hydrogen-bond acceptors (Lipinski definition) is 2. The van der Waals surface area contributed by atoms with Crippen molar-refractivity contribution < 1.29 is 0 Å². The van der Waals surface area contributed by atoms with Crippen LogP contribution >= 0.6 is 0 Å². The van der Waals surface area contributed by atoms with Gasteiger partial charge < -0.3 is 9.80 Å². The molecule has 1 aliphatic carbocycles. The molecule has 0 N–H and O–H groups in total. The molecule has 0 aliphatic heterocycles. The Balaban J connectivity index is 1.53. The zero-order valence-corrected chi connectivity index (χ0v) is 32.9. The van der Waals surface area contributed by atoms with Crippen molar-refractivity contribution in [1.29, 1.82) is 0 Å². The van der Waals surface area contributed by atoms with Crippen molar-refractivity contribution in [1.82, 2.24) is 0 Å². The Morgan fingerprint density at radius 1 is 0.528 bits per heavy atom. The first-order valence-corrected chi connectivity index (χ1v) is 19.5. The molecule has 0 saturated heterocycles. The minimum atomic E-state index is 0.339. The molecule has 7 aromatic rings. The van der Waals surface area contributed by atoms with Gasteiger partial charge in [-0.1, -0.05) is 114 Å². The molecule has 7 aromatic carbocycles. The predicted octanol–water partition coefficient (Wildman–Crippen LogP) is 15.2. The summed E-state index contributed by atoms with van der Waals surface area (Å²) in [6, 6.07) is 39.3. The Morgan fingerprint density at radius 3 is 1.53 bits per heavy atom. The fraction of sp³-hybridized carbons (Fsp3) is 0.255. The maximum absolute atomic E-state index is 2.59. The van der Waals surface area contributed by atoms with Gasteiger partial charge in [-0.15, -0.1) is 0 Å². The Hall–Kier alpha value is -5.34. The van der Waals surface area contributed by atoms with E-state index in [2.05, 4.69) is 193 Å². The van der Waals surface area contributed by atoms with E-state index in [1.807, 2.05) is 0 Å². The van der Waals surface area contributed by atoms with Crippen molar-refractivity contribution in [3.63, 3.8) is 0 Å². The zero-order chi connectivity index (χ0) is 37.1. The predicted molar refractivity (Wildman–Crippen MR) is 232 cm³/mol. The lowest BCUT2D eigenvalue weighted by Crippen LogP contribution is -2.21. The summed E-state index contributed by atoms with van der Waals surface area (Å²) in [5.74, 6) is 1.15. The number of para-hydroxylation sites is 1. The average Bonchev–Trinajstić information content (AvgIpc) is 3.14. The number of anilines is 5. The van der Waals surface area contributed by atoms with Gasteiger partial charge in [0.25, 0.3) is 0 Å². The van der Waals surface area contributed by atoms with E-state index in [-0.39, 0.29) is 0 Å². The standard InChI is InChI=1S/C51H52N2/c1-31(2)44-29-48(52(38-15-11-10-12-16-38)46-27-34(6)18-20-36(46)8)42-24-22-41-45(32(3)4)30-49(43-25-23-40(44)50(42)51(41)43)53(39-17-13-14-33(5)26-39)47-28-35(7)19-21-37(47)9/h10-25,27-33H,26H2,1-9H3. The monoisotopic (exact) mass is 692 g/mol. The van der Waals surface area contributed by atoms with Crippen molar-refractivity contribution in [3.05, 3.63) is 160 Å². The first-order chi connectivity index (χ1) is 25.5. The van der Waals surface area contributed by atoms with Crippen LogP contribution in [-0.4, -0.2) is 0 Å². The average molecular weight is 693 g/mol. The topological polar surface area (TPSA) is 6.48 Å². The third kappa shape index (κ3) is 5.99. The summed E-state index contributed by atoms with van der Waals surface area (Å²) in [6.45, 7) is 20.6. The van der Waals surface area contributed by atoms with E-state index in [1.54, 1.807) is 0 Å². The molecule has 2 nitrogen and oxygen atoms in total. The van der Waals surface area contributed by atoms with Crippen LogP contribution in [0.15, 0.2) is 127 Å². The van der Waals surface area contributed by atoms with Crippen LogP contribution in [0.25, 0.3) is 32.3 Å². The second-order valence-electron chi connectivity index (χ2n) is 16.2. The highest BCUT2D eigenvalue weighted by Crippen LogP contribution is 2.51. The lowest BCUT2D eigenvalue weighted by atomic mass is 9.83. The minimum absolute atomic E-state index is 0.339. The number of nitrogens with zero attached hydrogens (tertiary/aromatic N) is 2. The van der Waals surface area contributed by atoms with Crippen LogP contribution in [0.1, 0.15) is 86.3 Å². The fourth-order valence-corrected chi connectivity index (χ4v) is 8.67. The van der Waals surface area contributed by atoms with Crippen LogP contribution in [0.2, 0.25) is 0 Å². The van der Waals surface area contributed by atoms with Crippen molar-refractivity contribution in [2.75, 3.05) is 9.80 Å². The van der Waals surface area contributed by atoms with E-state index in [4.69, 9.17) is 0 Å². The Morgan fingerprint density at radius 2 is 1.02 bits per heavy atom. The third-order valence-corrected chi connectivity index (χ3v) is 11.4. The molecule has 1 aliphatic rings. The zero-order valence-electron chi connectivity index (χ0n) is 32.9. The van der Waals surface area contributed by atoms with E-state index in [0.29, 0.717) is 17.8 Å². The van der Waals surface area contributed by atoms with Crippen molar-refractivity contribution >= 4 is 60.8 Å². The highest BCUT2D eigenvalue weighted by molar-refractivity contribution is 6.29. The van der Waals surface area contributed by atoms with Crippen LogP contribution in [0.5, 0.6) is 0 Å². The second kappa shape index (κ2) is 13.6. The van der Waals surface area contributed by atoms with E-state index in [9.17, 15) is 0 Å². The Bertz CT molecular complexity index is 2550. The number of aryl methyl sites for hydroxylation is 4. The lowest BCUT2D eigenvalue weighted by Gasteiger charge is -2.34. The minimum Gasteiger partial charge on any atom is -0.313 e. The molecule has 8 rings (SSSR count). The SMILES string of the molecule is Cc1ccc(C)c(N(C2=CC=CC(C)C2)c2cc(C(C)C)c3ccc4c(N(c5ccccc5)c5cc(C)ccc5C)cc(C(C)C)c5ccc2c3c54)c1. The maximum Gasteiger partial charge on any atom is 0.0543 e. The van der Waals surface area contributed by atoms with Gasteiger partial charge in [-0.25, -0.2) is 0 Å². The number of rotatable bonds is 8. The summed E-state index contributed by atoms with van der Waals surface area (Å²) in [5.41, 5.74) is 15.3. The molecule has 0 fully saturated rings. The Labute approximate surface area is 316 Å². The smallest absolute Gasteiger partial charge is 0.0543 e. The summed E-state index contributed by atoms with van der Waals surface area (Å²) >= 11 is 0.